The van der Waals surface area contributed by atoms with Gasteiger partial charge in [-0.05, 0) is 18.8 Å². The Bertz CT molecular complexity index is 227. The SMILES string of the molecule is C[C@@H]1CN=C(N[C@@H]2CCCC[C@H]2C)S1. The Morgan fingerprint density at radius 2 is 2.07 bits per heavy atom. The fourth-order valence-corrected chi connectivity index (χ4v) is 3.14. The molecule has 0 radical (unpaired) electrons. The first-order valence-corrected chi connectivity index (χ1v) is 6.61. The number of aliphatic imine (C=N–C) groups is 1. The summed E-state index contributed by atoms with van der Waals surface area (Å²) < 4.78 is 0. The summed E-state index contributed by atoms with van der Waals surface area (Å²) in [5.41, 5.74) is 0. The fourth-order valence-electron chi connectivity index (χ4n) is 2.25. The molecule has 0 amide bonds. The van der Waals surface area contributed by atoms with E-state index in [1.807, 2.05) is 11.8 Å². The van der Waals surface area contributed by atoms with Gasteiger partial charge in [-0.15, -0.1) is 0 Å². The van der Waals surface area contributed by atoms with Crippen LogP contribution in [0.2, 0.25) is 0 Å². The number of hydrogen-bond donors (Lipinski definition) is 1. The zero-order valence-corrected chi connectivity index (χ0v) is 9.94. The van der Waals surface area contributed by atoms with E-state index in [9.17, 15) is 0 Å². The first-order valence-electron chi connectivity index (χ1n) is 5.73. The van der Waals surface area contributed by atoms with Crippen LogP contribution in [0.3, 0.4) is 0 Å². The predicted octanol–water partition coefficient (Wildman–Crippen LogP) is 2.65. The van der Waals surface area contributed by atoms with Crippen molar-refractivity contribution in [2.24, 2.45) is 10.9 Å². The van der Waals surface area contributed by atoms with Gasteiger partial charge in [0.05, 0.1) is 6.54 Å². The number of nitrogens with zero attached hydrogens (tertiary/aromatic N) is 1. The van der Waals surface area contributed by atoms with Crippen LogP contribution in [0.25, 0.3) is 0 Å². The molecule has 14 heavy (non-hydrogen) atoms. The summed E-state index contributed by atoms with van der Waals surface area (Å²) in [5.74, 6) is 0.822. The smallest absolute Gasteiger partial charge is 0.157 e. The van der Waals surface area contributed by atoms with Crippen LogP contribution in [-0.2, 0) is 0 Å². The lowest BCUT2D eigenvalue weighted by Gasteiger charge is -2.30. The molecule has 1 N–H and O–H groups in total. The summed E-state index contributed by atoms with van der Waals surface area (Å²) in [4.78, 5) is 4.51. The Morgan fingerprint density at radius 1 is 1.29 bits per heavy atom. The second kappa shape index (κ2) is 4.56. The largest absolute Gasteiger partial charge is 0.362 e. The van der Waals surface area contributed by atoms with E-state index >= 15 is 0 Å². The maximum Gasteiger partial charge on any atom is 0.157 e. The van der Waals surface area contributed by atoms with E-state index in [1.165, 1.54) is 30.9 Å². The third kappa shape index (κ3) is 2.44. The second-order valence-corrected chi connectivity index (χ2v) is 6.01. The first kappa shape index (κ1) is 10.3. The lowest BCUT2D eigenvalue weighted by atomic mass is 9.86. The van der Waals surface area contributed by atoms with Crippen LogP contribution in [-0.4, -0.2) is 23.0 Å². The van der Waals surface area contributed by atoms with Gasteiger partial charge in [0, 0.05) is 11.3 Å². The quantitative estimate of drug-likeness (QED) is 0.722. The third-order valence-corrected chi connectivity index (χ3v) is 4.25. The van der Waals surface area contributed by atoms with Gasteiger partial charge in [-0.1, -0.05) is 38.5 Å². The van der Waals surface area contributed by atoms with Gasteiger partial charge in [0.15, 0.2) is 5.17 Å². The minimum Gasteiger partial charge on any atom is -0.362 e. The molecule has 0 spiro atoms. The van der Waals surface area contributed by atoms with Crippen LogP contribution in [0.5, 0.6) is 0 Å². The Labute approximate surface area is 90.9 Å². The van der Waals surface area contributed by atoms with E-state index in [4.69, 9.17) is 0 Å². The van der Waals surface area contributed by atoms with E-state index < -0.39 is 0 Å². The van der Waals surface area contributed by atoms with Crippen molar-refractivity contribution in [3.8, 4) is 0 Å². The molecule has 0 saturated heterocycles. The Kier molecular flexibility index (Phi) is 3.37. The van der Waals surface area contributed by atoms with E-state index in [1.54, 1.807) is 0 Å². The number of nitrogens with one attached hydrogen (secondary N) is 1. The van der Waals surface area contributed by atoms with Crippen LogP contribution < -0.4 is 5.32 Å². The van der Waals surface area contributed by atoms with Gasteiger partial charge in [0.1, 0.15) is 0 Å². The predicted molar refractivity (Wildman–Crippen MR) is 63.9 cm³/mol. The Balaban J connectivity index is 1.84. The summed E-state index contributed by atoms with van der Waals surface area (Å²) in [6, 6.07) is 0.681. The van der Waals surface area contributed by atoms with Crippen molar-refractivity contribution in [1.29, 1.82) is 0 Å². The van der Waals surface area contributed by atoms with Crippen molar-refractivity contribution < 1.29 is 0 Å². The third-order valence-electron chi connectivity index (χ3n) is 3.23. The zero-order chi connectivity index (χ0) is 9.97. The van der Waals surface area contributed by atoms with E-state index in [2.05, 4.69) is 24.2 Å². The minimum atomic E-state index is 0.677. The molecule has 1 aliphatic carbocycles. The van der Waals surface area contributed by atoms with Gasteiger partial charge in [0.25, 0.3) is 0 Å². The van der Waals surface area contributed by atoms with Crippen molar-refractivity contribution in [3.63, 3.8) is 0 Å². The molecule has 1 saturated carbocycles. The highest BCUT2D eigenvalue weighted by Gasteiger charge is 2.24. The highest BCUT2D eigenvalue weighted by atomic mass is 32.2. The molecule has 3 atom stereocenters. The molecule has 1 fully saturated rings. The second-order valence-electron chi connectivity index (χ2n) is 4.59. The lowest BCUT2D eigenvalue weighted by Crippen LogP contribution is -2.39. The lowest BCUT2D eigenvalue weighted by molar-refractivity contribution is 0.310. The molecular weight excluding hydrogens is 192 g/mol. The molecule has 0 unspecified atom stereocenters. The molecule has 2 rings (SSSR count). The molecule has 0 aromatic carbocycles. The van der Waals surface area contributed by atoms with Crippen LogP contribution in [0.1, 0.15) is 39.5 Å². The highest BCUT2D eigenvalue weighted by Crippen LogP contribution is 2.26. The Morgan fingerprint density at radius 3 is 2.71 bits per heavy atom. The molecular formula is C11H20N2S. The fraction of sp³-hybridized carbons (Fsp3) is 0.909. The molecule has 0 aromatic rings. The van der Waals surface area contributed by atoms with Gasteiger partial charge < -0.3 is 5.32 Å². The monoisotopic (exact) mass is 212 g/mol. The summed E-state index contributed by atoms with van der Waals surface area (Å²) in [6.45, 7) is 5.60. The topological polar surface area (TPSA) is 24.4 Å². The minimum absolute atomic E-state index is 0.677. The van der Waals surface area contributed by atoms with Crippen molar-refractivity contribution in [1.82, 2.24) is 5.32 Å². The molecule has 80 valence electrons. The highest BCUT2D eigenvalue weighted by molar-refractivity contribution is 8.14. The van der Waals surface area contributed by atoms with Crippen molar-refractivity contribution in [2.75, 3.05) is 6.54 Å². The molecule has 2 aliphatic rings. The average molecular weight is 212 g/mol. The van der Waals surface area contributed by atoms with Crippen molar-refractivity contribution in [2.45, 2.75) is 50.8 Å². The molecule has 1 heterocycles. The van der Waals surface area contributed by atoms with Gasteiger partial charge in [-0.2, -0.15) is 0 Å². The van der Waals surface area contributed by atoms with Crippen molar-refractivity contribution in [3.05, 3.63) is 0 Å². The molecule has 3 heteroatoms. The van der Waals surface area contributed by atoms with Crippen LogP contribution in [0.15, 0.2) is 4.99 Å². The summed E-state index contributed by atoms with van der Waals surface area (Å²) in [7, 11) is 0. The summed E-state index contributed by atoms with van der Waals surface area (Å²) >= 11 is 1.90. The van der Waals surface area contributed by atoms with E-state index in [0.717, 1.165) is 12.5 Å². The van der Waals surface area contributed by atoms with E-state index in [-0.39, 0.29) is 0 Å². The van der Waals surface area contributed by atoms with Gasteiger partial charge in [-0.3, -0.25) is 4.99 Å². The number of thioether (sulfide) groups is 1. The number of rotatable bonds is 1. The number of amidine groups is 1. The maximum atomic E-state index is 4.51. The van der Waals surface area contributed by atoms with Gasteiger partial charge >= 0.3 is 0 Å². The zero-order valence-electron chi connectivity index (χ0n) is 9.12. The van der Waals surface area contributed by atoms with E-state index in [0.29, 0.717) is 11.3 Å². The van der Waals surface area contributed by atoms with Crippen molar-refractivity contribution >= 4 is 16.9 Å². The number of hydrogen-bond acceptors (Lipinski definition) is 3. The molecule has 0 bridgehead atoms. The first-order chi connectivity index (χ1) is 6.75. The molecule has 2 nitrogen and oxygen atoms in total. The van der Waals surface area contributed by atoms with Gasteiger partial charge in [-0.25, -0.2) is 0 Å². The summed E-state index contributed by atoms with van der Waals surface area (Å²) in [6.07, 6.45) is 5.51. The van der Waals surface area contributed by atoms with Crippen LogP contribution >= 0.6 is 11.8 Å². The van der Waals surface area contributed by atoms with Crippen LogP contribution in [0, 0.1) is 5.92 Å². The molecule has 1 aliphatic heterocycles. The average Bonchev–Trinajstić information content (AvgIpc) is 2.56. The standard InChI is InChI=1S/C11H20N2S/c1-8-5-3-4-6-10(8)13-11-12-7-9(2)14-11/h8-10H,3-7H2,1-2H3,(H,12,13)/t8-,9-,10-/m1/s1. The Hall–Kier alpha value is -0.180. The normalized spacial score (nSPS) is 38.1. The van der Waals surface area contributed by atoms with Gasteiger partial charge in [0.2, 0.25) is 0 Å². The molecule has 0 aromatic heterocycles. The summed E-state index contributed by atoms with van der Waals surface area (Å²) in [5, 5.41) is 5.48. The van der Waals surface area contributed by atoms with Crippen LogP contribution in [0.4, 0.5) is 0 Å². The maximum absolute atomic E-state index is 4.51.